The highest BCUT2D eigenvalue weighted by molar-refractivity contribution is 5.89. The van der Waals surface area contributed by atoms with Gasteiger partial charge in [-0.3, -0.25) is 4.79 Å². The monoisotopic (exact) mass is 518 g/mol. The Hall–Kier alpha value is -2.66. The lowest BCUT2D eigenvalue weighted by molar-refractivity contribution is -0.143. The van der Waals surface area contributed by atoms with E-state index < -0.39 is 59.0 Å². The molecular formula is C25H25F7N2O2. The summed E-state index contributed by atoms with van der Waals surface area (Å²) in [4.78, 5) is 14.4. The summed E-state index contributed by atoms with van der Waals surface area (Å²) in [6.45, 7) is 4.69. The summed E-state index contributed by atoms with van der Waals surface area (Å²) in [5, 5.41) is 0. The third-order valence-electron chi connectivity index (χ3n) is 7.02. The van der Waals surface area contributed by atoms with E-state index in [9.17, 15) is 35.5 Å². The minimum atomic E-state index is -4.99. The molecule has 2 heterocycles. The van der Waals surface area contributed by atoms with E-state index in [1.807, 2.05) is 0 Å². The second-order valence-corrected chi connectivity index (χ2v) is 9.83. The van der Waals surface area contributed by atoms with E-state index in [0.717, 1.165) is 0 Å². The minimum Gasteiger partial charge on any atom is -0.368 e. The Balaban J connectivity index is 1.71. The maximum atomic E-state index is 13.8. The van der Waals surface area contributed by atoms with Gasteiger partial charge in [0.15, 0.2) is 0 Å². The molecule has 11 heteroatoms. The average molecular weight is 518 g/mol. The Bertz CT molecular complexity index is 1140. The number of carbonyl (C=O) groups excluding carboxylic acids is 1. The summed E-state index contributed by atoms with van der Waals surface area (Å²) < 4.78 is 99.9. The van der Waals surface area contributed by atoms with Gasteiger partial charge in [0.1, 0.15) is 5.82 Å². The molecule has 36 heavy (non-hydrogen) atoms. The van der Waals surface area contributed by atoms with E-state index in [2.05, 4.69) is 0 Å². The highest BCUT2D eigenvalue weighted by Crippen LogP contribution is 2.46. The molecule has 4 nitrogen and oxygen atoms in total. The third-order valence-corrected chi connectivity index (χ3v) is 7.02. The molecule has 1 unspecified atom stereocenters. The predicted octanol–water partition coefficient (Wildman–Crippen LogP) is 5.73. The predicted molar refractivity (Wildman–Crippen MR) is 116 cm³/mol. The number of rotatable bonds is 4. The quantitative estimate of drug-likeness (QED) is 0.526. The largest absolute Gasteiger partial charge is 0.416 e. The maximum Gasteiger partial charge on any atom is 0.416 e. The second kappa shape index (κ2) is 8.72. The van der Waals surface area contributed by atoms with E-state index in [-0.39, 0.29) is 30.5 Å². The number of ether oxygens (including phenoxy) is 1. The smallest absolute Gasteiger partial charge is 0.368 e. The van der Waals surface area contributed by atoms with Crippen molar-refractivity contribution in [2.24, 2.45) is 5.73 Å². The Kier molecular flexibility index (Phi) is 6.40. The number of carbonyl (C=O) groups is 1. The molecule has 196 valence electrons. The van der Waals surface area contributed by atoms with Gasteiger partial charge in [0.2, 0.25) is 5.91 Å². The molecule has 0 aliphatic carbocycles. The van der Waals surface area contributed by atoms with Crippen molar-refractivity contribution in [3.8, 4) is 0 Å². The number of amides is 1. The van der Waals surface area contributed by atoms with Crippen molar-refractivity contribution in [1.82, 2.24) is 4.90 Å². The number of nitrogens with zero attached hydrogens (tertiary/aromatic N) is 1. The van der Waals surface area contributed by atoms with E-state index >= 15 is 0 Å². The second-order valence-electron chi connectivity index (χ2n) is 9.83. The van der Waals surface area contributed by atoms with Gasteiger partial charge in [0.05, 0.1) is 28.9 Å². The van der Waals surface area contributed by atoms with Crippen LogP contribution in [-0.2, 0) is 21.9 Å². The van der Waals surface area contributed by atoms with Crippen molar-refractivity contribution in [2.75, 3.05) is 6.54 Å². The number of aryl methyl sites for hydroxylation is 1. The fraction of sp³-hybridized carbons (Fsp3) is 0.480. The number of alkyl halides is 6. The van der Waals surface area contributed by atoms with Crippen LogP contribution in [0.3, 0.4) is 0 Å². The average Bonchev–Trinajstić information content (AvgIpc) is 3.18. The molecule has 0 saturated carbocycles. The van der Waals surface area contributed by atoms with Crippen LogP contribution in [0.2, 0.25) is 0 Å². The van der Waals surface area contributed by atoms with Crippen molar-refractivity contribution in [3.05, 3.63) is 70.0 Å². The van der Waals surface area contributed by atoms with Crippen LogP contribution in [0.4, 0.5) is 30.7 Å². The lowest BCUT2D eigenvalue weighted by Crippen LogP contribution is -2.46. The van der Waals surface area contributed by atoms with Crippen LogP contribution in [0.1, 0.15) is 60.1 Å². The van der Waals surface area contributed by atoms with Crippen molar-refractivity contribution in [3.63, 3.8) is 0 Å². The normalized spacial score (nSPS) is 27.5. The fourth-order valence-corrected chi connectivity index (χ4v) is 5.31. The van der Waals surface area contributed by atoms with Crippen molar-refractivity contribution in [2.45, 2.75) is 69.3 Å². The lowest BCUT2D eigenvalue weighted by Gasteiger charge is -2.29. The number of benzene rings is 2. The number of fused-ring (bicyclic) bond motifs is 1. The van der Waals surface area contributed by atoms with Gasteiger partial charge in [0.25, 0.3) is 0 Å². The van der Waals surface area contributed by atoms with Crippen LogP contribution in [-0.4, -0.2) is 35.0 Å². The minimum absolute atomic E-state index is 0.0488. The Labute approximate surface area is 203 Å². The number of halogens is 7. The first-order chi connectivity index (χ1) is 16.5. The lowest BCUT2D eigenvalue weighted by atomic mass is 9.83. The summed E-state index contributed by atoms with van der Waals surface area (Å²) in [5.74, 6) is -1.29. The van der Waals surface area contributed by atoms with Gasteiger partial charge >= 0.3 is 12.4 Å². The molecule has 5 atom stereocenters. The molecule has 0 radical (unpaired) electrons. The van der Waals surface area contributed by atoms with Crippen molar-refractivity contribution >= 4 is 5.91 Å². The molecule has 0 spiro atoms. The summed E-state index contributed by atoms with van der Waals surface area (Å²) in [5.41, 5.74) is 3.12. The van der Waals surface area contributed by atoms with E-state index in [1.165, 1.54) is 24.0 Å². The van der Waals surface area contributed by atoms with Gasteiger partial charge in [-0.2, -0.15) is 26.3 Å². The van der Waals surface area contributed by atoms with E-state index in [1.54, 1.807) is 19.9 Å². The van der Waals surface area contributed by atoms with E-state index in [0.29, 0.717) is 23.3 Å². The summed E-state index contributed by atoms with van der Waals surface area (Å²) in [7, 11) is 0. The number of hydrogen-bond acceptors (Lipinski definition) is 3. The Morgan fingerprint density at radius 3 is 2.17 bits per heavy atom. The summed E-state index contributed by atoms with van der Waals surface area (Å²) in [6.07, 6.45) is -11.6. The van der Waals surface area contributed by atoms with Crippen LogP contribution < -0.4 is 5.73 Å². The van der Waals surface area contributed by atoms with Gasteiger partial charge in [-0.05, 0) is 74.2 Å². The maximum absolute atomic E-state index is 13.8. The molecule has 2 aliphatic heterocycles. The molecule has 0 bridgehead atoms. The molecule has 2 aromatic rings. The zero-order valence-electron chi connectivity index (χ0n) is 19.7. The standard InChI is InChI=1S/C25H25F7N2O2/c1-12-6-17(26)4-5-18(12)21-19-10-23(3,33)22(35)34(19)11-20(21)36-13(2)14-7-15(24(27,28)29)9-16(8-14)25(30,31)32/h4-9,13,19-21H,10-11,33H2,1-3H3/t13-,19+,20+,21+,23?/m1/s1. The van der Waals surface area contributed by atoms with Crippen LogP contribution in [0.15, 0.2) is 36.4 Å². The molecular weight excluding hydrogens is 493 g/mol. The molecule has 2 aliphatic rings. The molecule has 4 rings (SSSR count). The molecule has 2 aromatic carbocycles. The highest BCUT2D eigenvalue weighted by atomic mass is 19.4. The molecule has 2 fully saturated rings. The van der Waals surface area contributed by atoms with Crippen LogP contribution in [0.5, 0.6) is 0 Å². The molecule has 0 aromatic heterocycles. The van der Waals surface area contributed by atoms with E-state index in [4.69, 9.17) is 10.5 Å². The zero-order chi connectivity index (χ0) is 26.8. The summed E-state index contributed by atoms with van der Waals surface area (Å²) in [6, 6.07) is 5.05. The highest BCUT2D eigenvalue weighted by Gasteiger charge is 2.56. The molecule has 2 N–H and O–H groups in total. The molecule has 1 amide bonds. The van der Waals surface area contributed by atoms with Gasteiger partial charge in [-0.15, -0.1) is 0 Å². The SMILES string of the molecule is Cc1cc(F)ccc1[C@@H]1[C@@H](O[C@H](C)c2cc(C(F)(F)F)cc(C(F)(F)F)c2)CN2C(=O)C(C)(N)C[C@@H]12. The van der Waals surface area contributed by atoms with Crippen LogP contribution in [0, 0.1) is 12.7 Å². The van der Waals surface area contributed by atoms with Crippen molar-refractivity contribution in [1.29, 1.82) is 0 Å². The topological polar surface area (TPSA) is 55.6 Å². The van der Waals surface area contributed by atoms with Crippen molar-refractivity contribution < 1.29 is 40.3 Å². The van der Waals surface area contributed by atoms with Gasteiger partial charge in [-0.25, -0.2) is 4.39 Å². The zero-order valence-corrected chi connectivity index (χ0v) is 19.7. The molecule has 2 saturated heterocycles. The first-order valence-corrected chi connectivity index (χ1v) is 11.3. The third kappa shape index (κ3) is 4.82. The Morgan fingerprint density at radius 1 is 1.06 bits per heavy atom. The first kappa shape index (κ1) is 26.4. The van der Waals surface area contributed by atoms with Gasteiger partial charge in [-0.1, -0.05) is 6.07 Å². The Morgan fingerprint density at radius 2 is 1.64 bits per heavy atom. The van der Waals surface area contributed by atoms with Crippen LogP contribution >= 0.6 is 0 Å². The fourth-order valence-electron chi connectivity index (χ4n) is 5.31. The van der Waals surface area contributed by atoms with Crippen LogP contribution in [0.25, 0.3) is 0 Å². The van der Waals surface area contributed by atoms with Gasteiger partial charge < -0.3 is 15.4 Å². The number of nitrogens with two attached hydrogens (primary N) is 1. The summed E-state index contributed by atoms with van der Waals surface area (Å²) >= 11 is 0. The number of hydrogen-bond donors (Lipinski definition) is 1. The van der Waals surface area contributed by atoms with Gasteiger partial charge in [0, 0.05) is 18.5 Å². The first-order valence-electron chi connectivity index (χ1n) is 11.3.